The van der Waals surface area contributed by atoms with Crippen molar-refractivity contribution >= 4 is 5.69 Å². The van der Waals surface area contributed by atoms with Crippen LogP contribution >= 0.6 is 0 Å². The van der Waals surface area contributed by atoms with Crippen molar-refractivity contribution < 1.29 is 4.39 Å². The second-order valence-electron chi connectivity index (χ2n) is 4.89. The van der Waals surface area contributed by atoms with Gasteiger partial charge in [0.1, 0.15) is 5.82 Å². The van der Waals surface area contributed by atoms with Gasteiger partial charge in [-0.2, -0.15) is 0 Å². The van der Waals surface area contributed by atoms with E-state index in [1.165, 1.54) is 6.07 Å². The molecule has 0 saturated carbocycles. The maximum Gasteiger partial charge on any atom is 0.130 e. The van der Waals surface area contributed by atoms with Gasteiger partial charge < -0.3 is 10.6 Å². The molecule has 0 radical (unpaired) electrons. The van der Waals surface area contributed by atoms with Gasteiger partial charge in [0.25, 0.3) is 0 Å². The first kappa shape index (κ1) is 14.0. The molecule has 0 fully saturated rings. The van der Waals surface area contributed by atoms with Gasteiger partial charge in [0, 0.05) is 30.4 Å². The Morgan fingerprint density at radius 3 is 2.41 bits per heavy atom. The first-order valence-corrected chi connectivity index (χ1v) is 6.26. The van der Waals surface area contributed by atoms with E-state index in [4.69, 9.17) is 5.73 Å². The normalized spacial score (nSPS) is 12.9. The minimum Gasteiger partial charge on any atom is -0.371 e. The Balaban J connectivity index is 3.14. The zero-order chi connectivity index (χ0) is 13.0. The van der Waals surface area contributed by atoms with Crippen molar-refractivity contribution in [1.82, 2.24) is 0 Å². The highest BCUT2D eigenvalue weighted by Gasteiger charge is 2.17. The van der Waals surface area contributed by atoms with Gasteiger partial charge in [-0.3, -0.25) is 0 Å². The number of halogens is 1. The summed E-state index contributed by atoms with van der Waals surface area (Å²) in [5.41, 5.74) is 7.42. The first-order chi connectivity index (χ1) is 7.97. The number of anilines is 1. The summed E-state index contributed by atoms with van der Waals surface area (Å²) in [6.45, 7) is 10.0. The number of nitrogens with zero attached hydrogens (tertiary/aromatic N) is 1. The van der Waals surface area contributed by atoms with Crippen LogP contribution in [0, 0.1) is 11.7 Å². The fraction of sp³-hybridized carbons (Fsp3) is 0.571. The molecule has 0 saturated heterocycles. The lowest BCUT2D eigenvalue weighted by Crippen LogP contribution is -2.29. The van der Waals surface area contributed by atoms with Crippen LogP contribution < -0.4 is 10.6 Å². The van der Waals surface area contributed by atoms with Gasteiger partial charge in [0.2, 0.25) is 0 Å². The lowest BCUT2D eigenvalue weighted by molar-refractivity contribution is 0.582. The van der Waals surface area contributed by atoms with Crippen molar-refractivity contribution in [2.24, 2.45) is 11.7 Å². The van der Waals surface area contributed by atoms with Crippen molar-refractivity contribution in [3.8, 4) is 0 Å². The Bertz CT molecular complexity index is 361. The average molecular weight is 238 g/mol. The van der Waals surface area contributed by atoms with Crippen molar-refractivity contribution in [3.63, 3.8) is 0 Å². The third kappa shape index (κ3) is 3.43. The van der Waals surface area contributed by atoms with Gasteiger partial charge >= 0.3 is 0 Å². The van der Waals surface area contributed by atoms with Crippen molar-refractivity contribution in [3.05, 3.63) is 29.6 Å². The second-order valence-corrected chi connectivity index (χ2v) is 4.89. The molecular weight excluding hydrogens is 215 g/mol. The molecule has 0 aromatic heterocycles. The average Bonchev–Trinajstić information content (AvgIpc) is 2.24. The minimum atomic E-state index is -0.285. The highest BCUT2D eigenvalue weighted by atomic mass is 19.1. The lowest BCUT2D eigenvalue weighted by Gasteiger charge is -2.28. The van der Waals surface area contributed by atoms with Crippen LogP contribution in [0.1, 0.15) is 39.3 Å². The van der Waals surface area contributed by atoms with Gasteiger partial charge in [0.15, 0.2) is 0 Å². The highest BCUT2D eigenvalue weighted by Crippen LogP contribution is 2.28. The van der Waals surface area contributed by atoms with E-state index in [0.717, 1.165) is 18.8 Å². The zero-order valence-electron chi connectivity index (χ0n) is 11.2. The van der Waals surface area contributed by atoms with E-state index in [2.05, 4.69) is 25.7 Å². The van der Waals surface area contributed by atoms with E-state index >= 15 is 0 Å². The van der Waals surface area contributed by atoms with Crippen LogP contribution in [0.4, 0.5) is 10.1 Å². The molecule has 3 heteroatoms. The molecule has 17 heavy (non-hydrogen) atoms. The summed E-state index contributed by atoms with van der Waals surface area (Å²) in [5.74, 6) is 0.332. The second kappa shape index (κ2) is 6.01. The predicted molar refractivity (Wildman–Crippen MR) is 71.7 cm³/mol. The number of nitrogens with two attached hydrogens (primary N) is 1. The maximum atomic E-state index is 13.8. The molecule has 0 aliphatic heterocycles. The lowest BCUT2D eigenvalue weighted by atomic mass is 10.0. The third-order valence-electron chi connectivity index (χ3n) is 2.79. The van der Waals surface area contributed by atoms with Crippen LogP contribution in [0.5, 0.6) is 0 Å². The third-order valence-corrected chi connectivity index (χ3v) is 2.79. The van der Waals surface area contributed by atoms with Crippen LogP contribution in [-0.2, 0) is 0 Å². The Morgan fingerprint density at radius 2 is 1.94 bits per heavy atom. The molecule has 0 bridgehead atoms. The number of hydrogen-bond acceptors (Lipinski definition) is 2. The molecule has 0 aliphatic carbocycles. The van der Waals surface area contributed by atoms with Crippen LogP contribution in [0.3, 0.4) is 0 Å². The van der Waals surface area contributed by atoms with Crippen LogP contribution in [0.2, 0.25) is 0 Å². The highest BCUT2D eigenvalue weighted by molar-refractivity contribution is 5.55. The van der Waals surface area contributed by atoms with E-state index in [1.807, 2.05) is 13.0 Å². The Kier molecular flexibility index (Phi) is 4.94. The number of benzene rings is 1. The monoisotopic (exact) mass is 238 g/mol. The Labute approximate surface area is 104 Å². The molecule has 1 aromatic carbocycles. The summed E-state index contributed by atoms with van der Waals surface area (Å²) >= 11 is 0. The van der Waals surface area contributed by atoms with Gasteiger partial charge in [-0.05, 0) is 31.9 Å². The maximum absolute atomic E-state index is 13.8. The molecule has 0 unspecified atom stereocenters. The summed E-state index contributed by atoms with van der Waals surface area (Å²) in [6, 6.07) is 4.89. The summed E-state index contributed by atoms with van der Waals surface area (Å²) in [7, 11) is 0. The smallest absolute Gasteiger partial charge is 0.130 e. The molecule has 2 nitrogen and oxygen atoms in total. The van der Waals surface area contributed by atoms with Crippen LogP contribution in [0.25, 0.3) is 0 Å². The molecule has 0 aliphatic rings. The van der Waals surface area contributed by atoms with E-state index in [0.29, 0.717) is 11.5 Å². The van der Waals surface area contributed by atoms with Gasteiger partial charge in [-0.25, -0.2) is 4.39 Å². The van der Waals surface area contributed by atoms with Crippen molar-refractivity contribution in [1.29, 1.82) is 0 Å². The van der Waals surface area contributed by atoms with Gasteiger partial charge in [0.05, 0.1) is 0 Å². The van der Waals surface area contributed by atoms with E-state index in [1.54, 1.807) is 6.07 Å². The Morgan fingerprint density at radius 1 is 1.29 bits per heavy atom. The predicted octanol–water partition coefficient (Wildman–Crippen LogP) is 3.33. The summed E-state index contributed by atoms with van der Waals surface area (Å²) in [6.07, 6.45) is 0. The molecule has 0 heterocycles. The first-order valence-electron chi connectivity index (χ1n) is 6.26. The molecule has 2 N–H and O–H groups in total. The van der Waals surface area contributed by atoms with Gasteiger partial charge in [-0.1, -0.05) is 19.9 Å². The fourth-order valence-electron chi connectivity index (χ4n) is 2.09. The van der Waals surface area contributed by atoms with Crippen molar-refractivity contribution in [2.75, 3.05) is 18.0 Å². The topological polar surface area (TPSA) is 29.3 Å². The van der Waals surface area contributed by atoms with Crippen molar-refractivity contribution in [2.45, 2.75) is 33.7 Å². The van der Waals surface area contributed by atoms with E-state index in [9.17, 15) is 4.39 Å². The fourth-order valence-corrected chi connectivity index (χ4v) is 2.09. The van der Waals surface area contributed by atoms with Crippen LogP contribution in [0.15, 0.2) is 18.2 Å². The molecule has 96 valence electrons. The largest absolute Gasteiger partial charge is 0.371 e. The zero-order valence-corrected chi connectivity index (χ0v) is 11.2. The molecule has 0 spiro atoms. The number of hydrogen-bond donors (Lipinski definition) is 1. The summed E-state index contributed by atoms with van der Waals surface area (Å²) in [5, 5.41) is 0. The SMILES string of the molecule is CCN(CC(C)C)c1cccc(F)c1[C@H](C)N. The molecule has 1 aromatic rings. The minimum absolute atomic E-state index is 0.209. The van der Waals surface area contributed by atoms with Crippen LogP contribution in [-0.4, -0.2) is 13.1 Å². The molecule has 1 atom stereocenters. The quantitative estimate of drug-likeness (QED) is 0.852. The van der Waals surface area contributed by atoms with Gasteiger partial charge in [-0.15, -0.1) is 0 Å². The van der Waals surface area contributed by atoms with E-state index < -0.39 is 0 Å². The Hall–Kier alpha value is -1.09. The molecule has 0 amide bonds. The van der Waals surface area contributed by atoms with E-state index in [-0.39, 0.29) is 11.9 Å². The number of rotatable bonds is 5. The summed E-state index contributed by atoms with van der Waals surface area (Å²) in [4.78, 5) is 2.19. The molecular formula is C14H23FN2. The standard InChI is InChI=1S/C14H23FN2/c1-5-17(9-10(2)3)13-8-6-7-12(15)14(13)11(4)16/h6-8,10-11H,5,9,16H2,1-4H3/t11-/m0/s1. The summed E-state index contributed by atoms with van der Waals surface area (Å²) < 4.78 is 13.8. The molecule has 1 rings (SSSR count).